The number of methoxy groups -OCH3 is 1. The molecule has 1 atom stereocenters. The molecule has 0 fully saturated rings. The second kappa shape index (κ2) is 8.12. The van der Waals surface area contributed by atoms with Crippen LogP contribution in [0.2, 0.25) is 0 Å². The zero-order valence-electron chi connectivity index (χ0n) is 16.0. The number of ketones is 1. The highest BCUT2D eigenvalue weighted by Crippen LogP contribution is 2.25. The summed E-state index contributed by atoms with van der Waals surface area (Å²) in [5.41, 5.74) is 0.403. The number of hydrogen-bond acceptors (Lipinski definition) is 4. The number of carboxylic acid groups (broad SMARTS) is 1. The summed E-state index contributed by atoms with van der Waals surface area (Å²) in [6.45, 7) is 5.27. The predicted molar refractivity (Wildman–Crippen MR) is 103 cm³/mol. The Bertz CT molecular complexity index is 791. The highest BCUT2D eigenvalue weighted by atomic mass is 16.5. The molecule has 0 aliphatic rings. The zero-order valence-corrected chi connectivity index (χ0v) is 16.0. The van der Waals surface area contributed by atoms with Gasteiger partial charge in [-0.2, -0.15) is 0 Å². The minimum absolute atomic E-state index is 0.0455. The molecule has 0 saturated carbocycles. The van der Waals surface area contributed by atoms with E-state index in [1.807, 2.05) is 12.1 Å². The molecule has 144 valence electrons. The molecule has 0 aliphatic heterocycles. The molecule has 2 aromatic rings. The molecule has 6 nitrogen and oxygen atoms in total. The van der Waals surface area contributed by atoms with E-state index in [1.165, 1.54) is 29.2 Å². The highest BCUT2D eigenvalue weighted by molar-refractivity contribution is 6.01. The Balaban J connectivity index is 2.44. The quantitative estimate of drug-likeness (QED) is 0.750. The van der Waals surface area contributed by atoms with Crippen LogP contribution in [0.4, 0.5) is 4.79 Å². The molecule has 0 aliphatic carbocycles. The van der Waals surface area contributed by atoms with Crippen LogP contribution >= 0.6 is 0 Å². The van der Waals surface area contributed by atoms with Gasteiger partial charge in [0, 0.05) is 17.5 Å². The van der Waals surface area contributed by atoms with Gasteiger partial charge in [-0.15, -0.1) is 0 Å². The number of nitrogens with zero attached hydrogens (tertiary/aromatic N) is 1. The van der Waals surface area contributed by atoms with Crippen LogP contribution in [-0.4, -0.2) is 45.7 Å². The molecule has 2 N–H and O–H groups in total. The number of Topliss-reactive ketones (excluding diaryl/α,β-unsaturated/α-hetero) is 1. The highest BCUT2D eigenvalue weighted by Gasteiger charge is 2.37. The van der Waals surface area contributed by atoms with Crippen molar-refractivity contribution in [3.8, 4) is 11.5 Å². The predicted octanol–water partition coefficient (Wildman–Crippen LogP) is 3.97. The van der Waals surface area contributed by atoms with Crippen molar-refractivity contribution in [3.63, 3.8) is 0 Å². The van der Waals surface area contributed by atoms with E-state index in [4.69, 9.17) is 4.74 Å². The number of benzene rings is 2. The summed E-state index contributed by atoms with van der Waals surface area (Å²) < 4.78 is 5.15. The first-order chi connectivity index (χ1) is 12.6. The lowest BCUT2D eigenvalue weighted by molar-refractivity contribution is 0.0551. The van der Waals surface area contributed by atoms with Crippen LogP contribution < -0.4 is 4.74 Å². The first kappa shape index (κ1) is 20.3. The maximum absolute atomic E-state index is 13.2. The molecule has 0 heterocycles. The molecular formula is C21H25NO5. The van der Waals surface area contributed by atoms with Crippen molar-refractivity contribution in [2.75, 3.05) is 7.11 Å². The van der Waals surface area contributed by atoms with Crippen LogP contribution in [0.3, 0.4) is 0 Å². The number of rotatable bonds is 6. The van der Waals surface area contributed by atoms with Gasteiger partial charge in [0.25, 0.3) is 0 Å². The molecule has 6 heteroatoms. The molecule has 0 radical (unpaired) electrons. The van der Waals surface area contributed by atoms with Crippen LogP contribution in [0.15, 0.2) is 48.5 Å². The van der Waals surface area contributed by atoms with Gasteiger partial charge in [-0.05, 0) is 62.7 Å². The maximum atomic E-state index is 13.2. The van der Waals surface area contributed by atoms with Crippen LogP contribution in [-0.2, 0) is 6.42 Å². The number of phenols is 1. The van der Waals surface area contributed by atoms with E-state index in [9.17, 15) is 19.8 Å². The standard InChI is InChI=1S/C21H25NO5/c1-21(2,3)22(20(25)26)18(13-14-5-11-17(27-4)12-6-14)19(24)15-7-9-16(23)10-8-15/h5-12,18,23H,13H2,1-4H3,(H,25,26)/t18-/m0/s1. The van der Waals surface area contributed by atoms with E-state index in [0.717, 1.165) is 5.56 Å². The Morgan fingerprint density at radius 2 is 1.59 bits per heavy atom. The van der Waals surface area contributed by atoms with E-state index >= 15 is 0 Å². The molecule has 27 heavy (non-hydrogen) atoms. The number of phenolic OH excluding ortho intramolecular Hbond substituents is 1. The molecule has 1 amide bonds. The molecule has 0 bridgehead atoms. The number of carbonyl (C=O) groups is 2. The Morgan fingerprint density at radius 1 is 1.04 bits per heavy atom. The van der Waals surface area contributed by atoms with Gasteiger partial charge >= 0.3 is 6.09 Å². The van der Waals surface area contributed by atoms with Crippen molar-refractivity contribution in [1.82, 2.24) is 4.90 Å². The Morgan fingerprint density at radius 3 is 2.04 bits per heavy atom. The van der Waals surface area contributed by atoms with Gasteiger partial charge in [-0.1, -0.05) is 12.1 Å². The zero-order chi connectivity index (χ0) is 20.2. The van der Waals surface area contributed by atoms with E-state index in [2.05, 4.69) is 0 Å². The van der Waals surface area contributed by atoms with Crippen molar-refractivity contribution in [2.24, 2.45) is 0 Å². The second-order valence-electron chi connectivity index (χ2n) is 7.30. The van der Waals surface area contributed by atoms with E-state index in [0.29, 0.717) is 11.3 Å². The fraction of sp³-hybridized carbons (Fsp3) is 0.333. The summed E-state index contributed by atoms with van der Waals surface area (Å²) in [4.78, 5) is 26.3. The third-order valence-corrected chi connectivity index (χ3v) is 4.28. The van der Waals surface area contributed by atoms with Gasteiger partial charge in [-0.25, -0.2) is 4.79 Å². The summed E-state index contributed by atoms with van der Waals surface area (Å²) in [7, 11) is 1.57. The molecule has 2 aromatic carbocycles. The van der Waals surface area contributed by atoms with Gasteiger partial charge < -0.3 is 14.9 Å². The second-order valence-corrected chi connectivity index (χ2v) is 7.30. The SMILES string of the molecule is COc1ccc(C[C@@H](C(=O)c2ccc(O)cc2)N(C(=O)O)C(C)(C)C)cc1. The molecule has 0 spiro atoms. The van der Waals surface area contributed by atoms with Crippen LogP contribution in [0.1, 0.15) is 36.7 Å². The fourth-order valence-electron chi connectivity index (χ4n) is 2.99. The van der Waals surface area contributed by atoms with Gasteiger partial charge in [-0.3, -0.25) is 9.69 Å². The van der Waals surface area contributed by atoms with Crippen molar-refractivity contribution in [3.05, 3.63) is 59.7 Å². The summed E-state index contributed by atoms with van der Waals surface area (Å²) in [6, 6.07) is 12.1. The van der Waals surface area contributed by atoms with Gasteiger partial charge in [0.05, 0.1) is 7.11 Å². The Labute approximate surface area is 159 Å². The van der Waals surface area contributed by atoms with Gasteiger partial charge in [0.2, 0.25) is 0 Å². The summed E-state index contributed by atoms with van der Waals surface area (Å²) in [6.07, 6.45) is -0.930. The maximum Gasteiger partial charge on any atom is 0.408 e. The average Bonchev–Trinajstić information content (AvgIpc) is 2.60. The van der Waals surface area contributed by atoms with Crippen molar-refractivity contribution >= 4 is 11.9 Å². The number of ether oxygens (including phenoxy) is 1. The van der Waals surface area contributed by atoms with Crippen molar-refractivity contribution in [1.29, 1.82) is 0 Å². The lowest BCUT2D eigenvalue weighted by Gasteiger charge is -2.39. The monoisotopic (exact) mass is 371 g/mol. The normalized spacial score (nSPS) is 12.3. The molecule has 0 saturated heterocycles. The third kappa shape index (κ3) is 5.00. The van der Waals surface area contributed by atoms with E-state index in [1.54, 1.807) is 40.0 Å². The number of carbonyl (C=O) groups excluding carboxylic acids is 1. The number of amides is 1. The topological polar surface area (TPSA) is 87.1 Å². The number of aromatic hydroxyl groups is 1. The molecule has 0 aromatic heterocycles. The van der Waals surface area contributed by atoms with Gasteiger partial charge in [0.15, 0.2) is 5.78 Å². The minimum Gasteiger partial charge on any atom is -0.508 e. The lowest BCUT2D eigenvalue weighted by atomic mass is 9.92. The van der Waals surface area contributed by atoms with Crippen LogP contribution in [0.25, 0.3) is 0 Å². The average molecular weight is 371 g/mol. The Hall–Kier alpha value is -3.02. The molecule has 2 rings (SSSR count). The number of hydrogen-bond donors (Lipinski definition) is 2. The van der Waals surface area contributed by atoms with Crippen LogP contribution in [0.5, 0.6) is 11.5 Å². The summed E-state index contributed by atoms with van der Waals surface area (Å²) in [5, 5.41) is 19.3. The minimum atomic E-state index is -1.16. The fourth-order valence-corrected chi connectivity index (χ4v) is 2.99. The first-order valence-electron chi connectivity index (χ1n) is 8.62. The largest absolute Gasteiger partial charge is 0.508 e. The van der Waals surface area contributed by atoms with E-state index < -0.39 is 17.7 Å². The van der Waals surface area contributed by atoms with E-state index in [-0.39, 0.29) is 18.0 Å². The molecule has 0 unspecified atom stereocenters. The van der Waals surface area contributed by atoms with Crippen molar-refractivity contribution in [2.45, 2.75) is 38.8 Å². The van der Waals surface area contributed by atoms with Crippen LogP contribution in [0, 0.1) is 0 Å². The Kier molecular flexibility index (Phi) is 6.10. The smallest absolute Gasteiger partial charge is 0.408 e. The van der Waals surface area contributed by atoms with Crippen molar-refractivity contribution < 1.29 is 24.5 Å². The third-order valence-electron chi connectivity index (χ3n) is 4.28. The summed E-state index contributed by atoms with van der Waals surface area (Å²) in [5.74, 6) is 0.415. The first-order valence-corrected chi connectivity index (χ1v) is 8.62. The molecular weight excluding hydrogens is 346 g/mol. The van der Waals surface area contributed by atoms with Gasteiger partial charge in [0.1, 0.15) is 17.5 Å². The lowest BCUT2D eigenvalue weighted by Crippen LogP contribution is -2.55. The summed E-state index contributed by atoms with van der Waals surface area (Å²) >= 11 is 0.